The number of hydrogen-bond acceptors (Lipinski definition) is 6. The predicted octanol–water partition coefficient (Wildman–Crippen LogP) is 3.17. The average molecular weight is 416 g/mol. The number of carbonyl (C=O) groups excluding carboxylic acids is 2. The fourth-order valence-electron chi connectivity index (χ4n) is 2.48. The summed E-state index contributed by atoms with van der Waals surface area (Å²) >= 11 is 0. The lowest BCUT2D eigenvalue weighted by molar-refractivity contribution is 0.256. The summed E-state index contributed by atoms with van der Waals surface area (Å²) in [5, 5.41) is 5.56. The van der Waals surface area contributed by atoms with Gasteiger partial charge >= 0.3 is 12.1 Å². The van der Waals surface area contributed by atoms with Crippen molar-refractivity contribution < 1.29 is 14.0 Å². The quantitative estimate of drug-likeness (QED) is 0.393. The number of oxazole rings is 1. The van der Waals surface area contributed by atoms with Crippen molar-refractivity contribution in [1.82, 2.24) is 15.0 Å². The summed E-state index contributed by atoms with van der Waals surface area (Å²) in [6.07, 6.45) is 3.29. The summed E-state index contributed by atoms with van der Waals surface area (Å²) in [5.41, 5.74) is 12.4. The van der Waals surface area contributed by atoms with Gasteiger partial charge in [0, 0.05) is 31.1 Å². The smallest absolute Gasteiger partial charge is 0.323 e. The lowest BCUT2D eigenvalue weighted by Gasteiger charge is -2.09. The molecule has 0 aliphatic carbocycles. The standard InChI is InChI=1S/C17H13N5O2.CH4N2O.ClH/c1-10-20-12-5-4-11(9-15(12)24-10)21-17(23)22-14-6-8-18-13-3-2-7-19-16(13)14;2-1(3)4;/h2-9H,1H3,(H2,18,21,22,23);(H4,2,3,4);1H. The highest BCUT2D eigenvalue weighted by molar-refractivity contribution is 6.04. The average Bonchev–Trinajstić information content (AvgIpc) is 3.01. The third kappa shape index (κ3) is 5.53. The molecule has 0 aliphatic rings. The van der Waals surface area contributed by atoms with Gasteiger partial charge < -0.3 is 26.5 Å². The summed E-state index contributed by atoms with van der Waals surface area (Å²) in [5.74, 6) is 0.584. The first kappa shape index (κ1) is 21.4. The molecule has 0 aliphatic heterocycles. The Morgan fingerprint density at radius 2 is 1.76 bits per heavy atom. The minimum absolute atomic E-state index is 0. The molecule has 0 saturated carbocycles. The van der Waals surface area contributed by atoms with E-state index in [0.717, 1.165) is 5.52 Å². The predicted molar refractivity (Wildman–Crippen MR) is 112 cm³/mol. The molecule has 4 rings (SSSR count). The van der Waals surface area contributed by atoms with E-state index in [4.69, 9.17) is 9.21 Å². The summed E-state index contributed by atoms with van der Waals surface area (Å²) in [4.78, 5) is 33.9. The van der Waals surface area contributed by atoms with Gasteiger partial charge in [-0.2, -0.15) is 0 Å². The van der Waals surface area contributed by atoms with Crippen LogP contribution in [-0.4, -0.2) is 27.0 Å². The molecule has 10 nitrogen and oxygen atoms in total. The number of urea groups is 2. The zero-order chi connectivity index (χ0) is 20.1. The molecule has 150 valence electrons. The molecule has 6 N–H and O–H groups in total. The molecular weight excluding hydrogens is 398 g/mol. The highest BCUT2D eigenvalue weighted by Crippen LogP contribution is 2.21. The van der Waals surface area contributed by atoms with E-state index in [0.29, 0.717) is 33.9 Å². The first-order chi connectivity index (χ1) is 13.4. The fraction of sp³-hybridized carbons (Fsp3) is 0.0556. The van der Waals surface area contributed by atoms with Crippen LogP contribution < -0.4 is 22.1 Å². The van der Waals surface area contributed by atoms with E-state index in [9.17, 15) is 4.79 Å². The van der Waals surface area contributed by atoms with Gasteiger partial charge in [0.25, 0.3) is 0 Å². The summed E-state index contributed by atoms with van der Waals surface area (Å²) in [6.45, 7) is 1.78. The van der Waals surface area contributed by atoms with Crippen molar-refractivity contribution in [3.8, 4) is 0 Å². The van der Waals surface area contributed by atoms with Crippen LogP contribution in [0.5, 0.6) is 0 Å². The Balaban J connectivity index is 0.000000552. The number of nitrogens with two attached hydrogens (primary N) is 2. The minimum atomic E-state index is -0.833. The molecule has 0 atom stereocenters. The molecule has 3 aromatic heterocycles. The summed E-state index contributed by atoms with van der Waals surface area (Å²) < 4.78 is 5.46. The number of nitrogens with zero attached hydrogens (tertiary/aromatic N) is 3. The van der Waals surface area contributed by atoms with E-state index in [-0.39, 0.29) is 18.4 Å². The number of hydrogen-bond donors (Lipinski definition) is 4. The van der Waals surface area contributed by atoms with Gasteiger partial charge in [0.2, 0.25) is 0 Å². The van der Waals surface area contributed by atoms with E-state index in [1.807, 2.05) is 6.07 Å². The molecule has 0 fully saturated rings. The maximum atomic E-state index is 12.3. The normalized spacial score (nSPS) is 9.83. The van der Waals surface area contributed by atoms with Crippen molar-refractivity contribution in [2.24, 2.45) is 11.5 Å². The highest BCUT2D eigenvalue weighted by atomic mass is 35.5. The zero-order valence-electron chi connectivity index (χ0n) is 15.2. The maximum absolute atomic E-state index is 12.3. The molecule has 0 radical (unpaired) electrons. The number of fused-ring (bicyclic) bond motifs is 2. The monoisotopic (exact) mass is 415 g/mol. The Morgan fingerprint density at radius 1 is 1.00 bits per heavy atom. The fourth-order valence-corrected chi connectivity index (χ4v) is 2.48. The molecule has 0 bridgehead atoms. The number of pyridine rings is 2. The molecule has 0 spiro atoms. The number of amides is 4. The van der Waals surface area contributed by atoms with Crippen molar-refractivity contribution in [3.63, 3.8) is 0 Å². The maximum Gasteiger partial charge on any atom is 0.323 e. The third-order valence-electron chi connectivity index (χ3n) is 3.50. The SMILES string of the molecule is Cc1nc2ccc(NC(=O)Nc3ccnc4cccnc34)cc2o1.Cl.NC(N)=O. The number of nitrogens with one attached hydrogen (secondary N) is 2. The van der Waals surface area contributed by atoms with Gasteiger partial charge in [0.1, 0.15) is 11.0 Å². The largest absolute Gasteiger partial charge is 0.441 e. The number of anilines is 2. The molecule has 11 heteroatoms. The number of halogens is 1. The zero-order valence-corrected chi connectivity index (χ0v) is 16.1. The lowest BCUT2D eigenvalue weighted by atomic mass is 10.3. The van der Waals surface area contributed by atoms with Crippen molar-refractivity contribution in [2.75, 3.05) is 10.6 Å². The Morgan fingerprint density at radius 3 is 2.52 bits per heavy atom. The van der Waals surface area contributed by atoms with Crippen LogP contribution in [0.3, 0.4) is 0 Å². The van der Waals surface area contributed by atoms with E-state index in [2.05, 4.69) is 37.1 Å². The van der Waals surface area contributed by atoms with Crippen molar-refractivity contribution in [2.45, 2.75) is 6.92 Å². The first-order valence-corrected chi connectivity index (χ1v) is 8.12. The number of benzene rings is 1. The Hall–Kier alpha value is -3.92. The van der Waals surface area contributed by atoms with Gasteiger partial charge in [-0.3, -0.25) is 9.97 Å². The van der Waals surface area contributed by atoms with Crippen molar-refractivity contribution in [1.29, 1.82) is 0 Å². The lowest BCUT2D eigenvalue weighted by Crippen LogP contribution is -2.19. The van der Waals surface area contributed by atoms with E-state index < -0.39 is 6.03 Å². The van der Waals surface area contributed by atoms with Crippen LogP contribution in [0, 0.1) is 6.92 Å². The second kappa shape index (κ2) is 9.33. The first-order valence-electron chi connectivity index (χ1n) is 8.12. The summed E-state index contributed by atoms with van der Waals surface area (Å²) in [7, 11) is 0. The van der Waals surface area contributed by atoms with Gasteiger partial charge in [0.15, 0.2) is 11.5 Å². The molecule has 0 saturated heterocycles. The Kier molecular flexibility index (Phi) is 6.88. The van der Waals surface area contributed by atoms with E-state index in [1.165, 1.54) is 0 Å². The second-order valence-corrected chi connectivity index (χ2v) is 5.63. The van der Waals surface area contributed by atoms with E-state index in [1.54, 1.807) is 49.6 Å². The van der Waals surface area contributed by atoms with Crippen LogP contribution in [0.4, 0.5) is 21.0 Å². The van der Waals surface area contributed by atoms with Crippen molar-refractivity contribution >= 4 is 58.0 Å². The van der Waals surface area contributed by atoms with Crippen LogP contribution in [0.25, 0.3) is 22.1 Å². The molecule has 1 aromatic carbocycles. The second-order valence-electron chi connectivity index (χ2n) is 5.63. The molecular formula is C18H18ClN7O3. The van der Waals surface area contributed by atoms with Crippen LogP contribution in [-0.2, 0) is 0 Å². The van der Waals surface area contributed by atoms with Gasteiger partial charge in [-0.25, -0.2) is 14.6 Å². The van der Waals surface area contributed by atoms with Crippen LogP contribution in [0.1, 0.15) is 5.89 Å². The van der Waals surface area contributed by atoms with Crippen LogP contribution in [0.2, 0.25) is 0 Å². The van der Waals surface area contributed by atoms with Gasteiger partial charge in [-0.05, 0) is 30.3 Å². The molecule has 4 aromatic rings. The number of primary amides is 2. The minimum Gasteiger partial charge on any atom is -0.441 e. The molecule has 4 amide bonds. The van der Waals surface area contributed by atoms with E-state index >= 15 is 0 Å². The van der Waals surface area contributed by atoms with Gasteiger partial charge in [-0.15, -0.1) is 12.4 Å². The van der Waals surface area contributed by atoms with Gasteiger partial charge in [-0.1, -0.05) is 0 Å². The highest BCUT2D eigenvalue weighted by Gasteiger charge is 2.09. The topological polar surface area (TPSA) is 162 Å². The van der Waals surface area contributed by atoms with Crippen LogP contribution >= 0.6 is 12.4 Å². The molecule has 3 heterocycles. The number of carbonyl (C=O) groups is 2. The molecule has 29 heavy (non-hydrogen) atoms. The molecule has 0 unspecified atom stereocenters. The number of rotatable bonds is 2. The van der Waals surface area contributed by atoms with Crippen LogP contribution in [0.15, 0.2) is 53.2 Å². The summed E-state index contributed by atoms with van der Waals surface area (Å²) in [6, 6.07) is 9.44. The Bertz CT molecular complexity index is 1150. The third-order valence-corrected chi connectivity index (χ3v) is 3.50. The number of aromatic nitrogens is 3. The van der Waals surface area contributed by atoms with Gasteiger partial charge in [0.05, 0.1) is 11.2 Å². The Labute approximate surface area is 171 Å². The number of aryl methyl sites for hydroxylation is 1. The van der Waals surface area contributed by atoms with Crippen molar-refractivity contribution in [3.05, 3.63) is 54.7 Å².